The van der Waals surface area contributed by atoms with Gasteiger partial charge in [0.25, 0.3) is 0 Å². The van der Waals surface area contributed by atoms with Gasteiger partial charge >= 0.3 is 0 Å². The fourth-order valence-corrected chi connectivity index (χ4v) is 2.67. The second-order valence-corrected chi connectivity index (χ2v) is 5.59. The Morgan fingerprint density at radius 3 is 2.62 bits per heavy atom. The molecule has 1 aromatic heterocycles. The first-order valence-corrected chi connectivity index (χ1v) is 7.34. The summed E-state index contributed by atoms with van der Waals surface area (Å²) in [5.41, 5.74) is 3.79. The third kappa shape index (κ3) is 2.83. The summed E-state index contributed by atoms with van der Waals surface area (Å²) in [6.45, 7) is 5.15. The predicted octanol–water partition coefficient (Wildman–Crippen LogP) is 3.73. The highest BCUT2D eigenvalue weighted by Gasteiger charge is 2.11. The van der Waals surface area contributed by atoms with E-state index in [0.717, 1.165) is 6.54 Å². The van der Waals surface area contributed by atoms with Crippen LogP contribution in [0.3, 0.4) is 0 Å². The summed E-state index contributed by atoms with van der Waals surface area (Å²) >= 11 is 0. The summed E-state index contributed by atoms with van der Waals surface area (Å²) in [4.78, 5) is 0. The first-order valence-electron chi connectivity index (χ1n) is 7.34. The second-order valence-electron chi connectivity index (χ2n) is 5.59. The maximum absolute atomic E-state index is 4.31. The van der Waals surface area contributed by atoms with Crippen molar-refractivity contribution in [1.29, 1.82) is 0 Å². The van der Waals surface area contributed by atoms with Crippen molar-refractivity contribution >= 4 is 10.8 Å². The smallest absolute Gasteiger partial charge is 0.0540 e. The lowest BCUT2D eigenvalue weighted by atomic mass is 10.1. The van der Waals surface area contributed by atoms with Crippen LogP contribution in [0.5, 0.6) is 0 Å². The van der Waals surface area contributed by atoms with Gasteiger partial charge in [-0.25, -0.2) is 0 Å². The van der Waals surface area contributed by atoms with Crippen LogP contribution >= 0.6 is 0 Å². The van der Waals surface area contributed by atoms with Gasteiger partial charge in [-0.3, -0.25) is 4.68 Å². The molecule has 3 heteroatoms. The van der Waals surface area contributed by atoms with Gasteiger partial charge in [-0.05, 0) is 36.2 Å². The predicted molar refractivity (Wildman–Crippen MR) is 87.1 cm³/mol. The van der Waals surface area contributed by atoms with Crippen LogP contribution in [0.15, 0.2) is 48.7 Å². The zero-order valence-electron chi connectivity index (χ0n) is 12.8. The van der Waals surface area contributed by atoms with E-state index in [-0.39, 0.29) is 0 Å². The monoisotopic (exact) mass is 279 g/mol. The molecule has 108 valence electrons. The summed E-state index contributed by atoms with van der Waals surface area (Å²) in [7, 11) is 1.98. The number of aromatic nitrogens is 2. The molecule has 0 aliphatic carbocycles. The van der Waals surface area contributed by atoms with E-state index in [1.54, 1.807) is 0 Å². The van der Waals surface area contributed by atoms with Gasteiger partial charge in [-0.1, -0.05) is 36.4 Å². The molecule has 0 aliphatic rings. The van der Waals surface area contributed by atoms with E-state index in [2.05, 4.69) is 66.7 Å². The van der Waals surface area contributed by atoms with Crippen molar-refractivity contribution in [1.82, 2.24) is 15.1 Å². The molecule has 1 heterocycles. The molecular formula is C18H21N3. The van der Waals surface area contributed by atoms with Crippen molar-refractivity contribution in [3.05, 3.63) is 65.5 Å². The van der Waals surface area contributed by atoms with Crippen molar-refractivity contribution in [3.8, 4) is 0 Å². The molecule has 0 saturated carbocycles. The highest BCUT2D eigenvalue weighted by Crippen LogP contribution is 2.18. The second kappa shape index (κ2) is 5.70. The largest absolute Gasteiger partial charge is 0.306 e. The van der Waals surface area contributed by atoms with Crippen LogP contribution < -0.4 is 5.32 Å². The number of nitrogens with zero attached hydrogens (tertiary/aromatic N) is 2. The summed E-state index contributed by atoms with van der Waals surface area (Å²) in [5.74, 6) is 0. The summed E-state index contributed by atoms with van der Waals surface area (Å²) in [6.07, 6.45) is 1.95. The van der Waals surface area contributed by atoms with Crippen molar-refractivity contribution in [2.45, 2.75) is 26.4 Å². The number of benzene rings is 2. The lowest BCUT2D eigenvalue weighted by molar-refractivity contribution is 0.571. The van der Waals surface area contributed by atoms with E-state index < -0.39 is 0 Å². The van der Waals surface area contributed by atoms with Crippen LogP contribution in [0.25, 0.3) is 10.8 Å². The van der Waals surface area contributed by atoms with Gasteiger partial charge in [0.1, 0.15) is 0 Å². The molecule has 0 radical (unpaired) electrons. The Morgan fingerprint density at radius 1 is 1.14 bits per heavy atom. The van der Waals surface area contributed by atoms with Crippen LogP contribution in [0, 0.1) is 6.92 Å². The molecule has 0 bridgehead atoms. The molecule has 1 unspecified atom stereocenters. The van der Waals surface area contributed by atoms with E-state index in [4.69, 9.17) is 0 Å². The number of fused-ring (bicyclic) bond motifs is 1. The number of nitrogens with one attached hydrogen (secondary N) is 1. The average molecular weight is 279 g/mol. The Morgan fingerprint density at radius 2 is 1.90 bits per heavy atom. The molecule has 1 N–H and O–H groups in total. The minimum Gasteiger partial charge on any atom is -0.306 e. The molecule has 3 aromatic rings. The Kier molecular flexibility index (Phi) is 3.76. The highest BCUT2D eigenvalue weighted by molar-refractivity contribution is 5.82. The summed E-state index contributed by atoms with van der Waals surface area (Å²) < 4.78 is 1.92. The molecule has 2 aromatic carbocycles. The van der Waals surface area contributed by atoms with Crippen LogP contribution in [-0.2, 0) is 13.6 Å². The normalized spacial score (nSPS) is 12.7. The van der Waals surface area contributed by atoms with Gasteiger partial charge in [0, 0.05) is 30.9 Å². The molecule has 0 amide bonds. The molecular weight excluding hydrogens is 258 g/mol. The minimum absolute atomic E-state index is 0.296. The molecule has 1 atom stereocenters. The Labute approximate surface area is 125 Å². The number of hydrogen-bond acceptors (Lipinski definition) is 2. The van der Waals surface area contributed by atoms with Crippen LogP contribution in [0.2, 0.25) is 0 Å². The lowest BCUT2D eigenvalue weighted by Crippen LogP contribution is -2.18. The first-order chi connectivity index (χ1) is 10.1. The maximum Gasteiger partial charge on any atom is 0.0540 e. The van der Waals surface area contributed by atoms with E-state index in [9.17, 15) is 0 Å². The first kappa shape index (κ1) is 13.8. The maximum atomic E-state index is 4.31. The van der Waals surface area contributed by atoms with E-state index in [0.29, 0.717) is 6.04 Å². The van der Waals surface area contributed by atoms with E-state index in [1.807, 2.05) is 17.9 Å². The van der Waals surface area contributed by atoms with Gasteiger partial charge in [-0.15, -0.1) is 0 Å². The summed E-state index contributed by atoms with van der Waals surface area (Å²) in [6, 6.07) is 15.4. The van der Waals surface area contributed by atoms with Crippen LogP contribution in [-0.4, -0.2) is 9.78 Å². The van der Waals surface area contributed by atoms with Gasteiger partial charge in [-0.2, -0.15) is 5.10 Å². The van der Waals surface area contributed by atoms with Gasteiger partial charge in [0.15, 0.2) is 0 Å². The van der Waals surface area contributed by atoms with E-state index in [1.165, 1.54) is 27.6 Å². The van der Waals surface area contributed by atoms with Crippen molar-refractivity contribution in [2.75, 3.05) is 0 Å². The Bertz CT molecular complexity index is 758. The third-order valence-corrected chi connectivity index (χ3v) is 4.17. The number of rotatable bonds is 4. The number of hydrogen-bond donors (Lipinski definition) is 1. The zero-order valence-corrected chi connectivity index (χ0v) is 12.8. The average Bonchev–Trinajstić information content (AvgIpc) is 2.84. The number of aryl methyl sites for hydroxylation is 1. The van der Waals surface area contributed by atoms with Crippen LogP contribution in [0.1, 0.15) is 29.8 Å². The quantitative estimate of drug-likeness (QED) is 0.788. The third-order valence-electron chi connectivity index (χ3n) is 4.17. The topological polar surface area (TPSA) is 29.9 Å². The minimum atomic E-state index is 0.296. The molecule has 0 fully saturated rings. The van der Waals surface area contributed by atoms with Crippen LogP contribution in [0.4, 0.5) is 0 Å². The van der Waals surface area contributed by atoms with Gasteiger partial charge < -0.3 is 5.32 Å². The van der Waals surface area contributed by atoms with Crippen molar-refractivity contribution < 1.29 is 0 Å². The molecule has 0 spiro atoms. The molecule has 3 nitrogen and oxygen atoms in total. The van der Waals surface area contributed by atoms with E-state index >= 15 is 0 Å². The van der Waals surface area contributed by atoms with Crippen molar-refractivity contribution in [3.63, 3.8) is 0 Å². The fourth-order valence-electron chi connectivity index (χ4n) is 2.67. The van der Waals surface area contributed by atoms with Gasteiger partial charge in [0.2, 0.25) is 0 Å². The molecule has 21 heavy (non-hydrogen) atoms. The highest BCUT2D eigenvalue weighted by atomic mass is 15.3. The van der Waals surface area contributed by atoms with Crippen molar-refractivity contribution in [2.24, 2.45) is 7.05 Å². The molecule has 0 saturated heterocycles. The molecule has 0 aliphatic heterocycles. The summed E-state index contributed by atoms with van der Waals surface area (Å²) in [5, 5.41) is 10.5. The lowest BCUT2D eigenvalue weighted by Gasteiger charge is -2.14. The Balaban J connectivity index is 1.72. The Hall–Kier alpha value is -2.13. The standard InChI is InChI=1S/C18H21N3/c1-13(18-12-20-21(3)14(18)2)19-11-15-8-9-16-6-4-5-7-17(16)10-15/h4-10,12-13,19H,11H2,1-3H3. The molecule has 3 rings (SSSR count). The fraction of sp³-hybridized carbons (Fsp3) is 0.278. The van der Waals surface area contributed by atoms with Gasteiger partial charge in [0.05, 0.1) is 6.20 Å². The zero-order chi connectivity index (χ0) is 14.8. The SMILES string of the molecule is Cc1c(C(C)NCc2ccc3ccccc3c2)cnn1C.